The molecule has 0 aromatic rings. The summed E-state index contributed by atoms with van der Waals surface area (Å²) in [6.07, 6.45) is 2.69. The number of nitrogens with one attached hydrogen (secondary N) is 1. The van der Waals surface area contributed by atoms with Crippen molar-refractivity contribution in [1.29, 1.82) is 0 Å². The Bertz CT molecular complexity index is 186. The van der Waals surface area contributed by atoms with Gasteiger partial charge in [-0.2, -0.15) is 0 Å². The Hall–Kier alpha value is -1.30. The molecule has 0 heterocycles. The molecule has 0 aromatic heterocycles. The van der Waals surface area contributed by atoms with Crippen LogP contribution in [0.25, 0.3) is 0 Å². The highest BCUT2D eigenvalue weighted by Crippen LogP contribution is 1.85. The number of amides is 1. The molecule has 0 unspecified atom stereocenters. The maximum atomic E-state index is 10.7. The number of aliphatic carboxylic acids is 1. The van der Waals surface area contributed by atoms with Gasteiger partial charge in [0.15, 0.2) is 0 Å². The lowest BCUT2D eigenvalue weighted by Gasteiger charge is -2.03. The monoisotopic (exact) mass is 234 g/mol. The number of carbonyl (C=O) groups is 2. The van der Waals surface area contributed by atoms with E-state index in [1.165, 1.54) is 0 Å². The summed E-state index contributed by atoms with van der Waals surface area (Å²) in [6, 6.07) is 0. The Balaban J connectivity index is 0. The minimum absolute atomic E-state index is 0.278. The maximum Gasteiger partial charge on any atom is 0.407 e. The molecule has 0 aliphatic rings. The molecule has 0 radical (unpaired) electrons. The number of carboxylic acid groups (broad SMARTS) is 1. The third kappa shape index (κ3) is 18.5. The Morgan fingerprint density at radius 1 is 1.31 bits per heavy atom. The Morgan fingerprint density at radius 3 is 2.25 bits per heavy atom. The molecule has 0 rings (SSSR count). The van der Waals surface area contributed by atoms with Crippen LogP contribution in [0, 0.1) is 0 Å². The fourth-order valence-corrected chi connectivity index (χ4v) is 0.613. The predicted molar refractivity (Wildman–Crippen MR) is 61.2 cm³/mol. The molecular weight excluding hydrogens is 212 g/mol. The van der Waals surface area contributed by atoms with Crippen molar-refractivity contribution in [3.8, 4) is 0 Å². The number of unbranched alkanes of at least 4 members (excludes halogenated alkanes) is 1. The van der Waals surface area contributed by atoms with E-state index in [4.69, 9.17) is 9.84 Å². The van der Waals surface area contributed by atoms with E-state index in [1.54, 1.807) is 0 Å². The van der Waals surface area contributed by atoms with Crippen LogP contribution in [0.4, 0.5) is 4.79 Å². The van der Waals surface area contributed by atoms with Crippen LogP contribution in [0.2, 0.25) is 0 Å². The third-order valence-electron chi connectivity index (χ3n) is 1.41. The second kappa shape index (κ2) is 13.7. The lowest BCUT2D eigenvalue weighted by molar-refractivity contribution is -0.135. The van der Waals surface area contributed by atoms with Crippen molar-refractivity contribution in [1.82, 2.24) is 5.32 Å². The molecule has 0 aromatic carbocycles. The highest BCUT2D eigenvalue weighted by Gasteiger charge is 1.97. The molecule has 0 saturated carbocycles. The van der Waals surface area contributed by atoms with Crippen LogP contribution in [0.5, 0.6) is 0 Å². The van der Waals surface area contributed by atoms with Crippen LogP contribution in [-0.2, 0) is 9.53 Å². The number of ether oxygens (including phenoxy) is 1. The fourth-order valence-electron chi connectivity index (χ4n) is 0.613. The summed E-state index contributed by atoms with van der Waals surface area (Å²) in [4.78, 5) is 20.0. The fraction of sp³-hybridized carbons (Fsp3) is 0.800. The Labute approximate surface area is 96.2 Å². The zero-order valence-electron chi connectivity index (χ0n) is 9.99. The van der Waals surface area contributed by atoms with Crippen LogP contribution >= 0.6 is 0 Å². The normalized spacial score (nSPS) is 8.69. The lowest BCUT2D eigenvalue weighted by atomic mass is 10.3. The number of hydrogen-bond acceptors (Lipinski definition) is 4. The van der Waals surface area contributed by atoms with Gasteiger partial charge in [0, 0.05) is 6.54 Å². The molecule has 0 saturated heterocycles. The predicted octanol–water partition coefficient (Wildman–Crippen LogP) is 0.952. The van der Waals surface area contributed by atoms with Crippen molar-refractivity contribution >= 4 is 12.1 Å². The van der Waals surface area contributed by atoms with Gasteiger partial charge in [0.25, 0.3) is 0 Å². The molecule has 0 spiro atoms. The van der Waals surface area contributed by atoms with Gasteiger partial charge < -0.3 is 20.9 Å². The van der Waals surface area contributed by atoms with Crippen molar-refractivity contribution in [2.75, 3.05) is 19.7 Å². The second-order valence-electron chi connectivity index (χ2n) is 3.01. The first kappa shape index (κ1) is 17.1. The SMILES string of the molecule is CCCCNC(=O)OCCC.NCC(=O)O. The van der Waals surface area contributed by atoms with Gasteiger partial charge in [-0.1, -0.05) is 20.3 Å². The summed E-state index contributed by atoms with van der Waals surface area (Å²) in [6.45, 7) is 5.01. The largest absolute Gasteiger partial charge is 0.480 e. The number of nitrogens with two attached hydrogens (primary N) is 1. The summed E-state index contributed by atoms with van der Waals surface area (Å²) < 4.78 is 4.79. The van der Waals surface area contributed by atoms with E-state index in [-0.39, 0.29) is 12.6 Å². The zero-order valence-corrected chi connectivity index (χ0v) is 9.99. The van der Waals surface area contributed by atoms with Crippen molar-refractivity contribution < 1.29 is 19.4 Å². The van der Waals surface area contributed by atoms with Gasteiger partial charge in [0.05, 0.1) is 13.2 Å². The number of rotatable bonds is 6. The van der Waals surface area contributed by atoms with E-state index in [0.29, 0.717) is 6.61 Å². The van der Waals surface area contributed by atoms with E-state index < -0.39 is 5.97 Å². The molecule has 0 aliphatic heterocycles. The first-order chi connectivity index (χ1) is 7.58. The molecule has 96 valence electrons. The van der Waals surface area contributed by atoms with Crippen LogP contribution in [0.3, 0.4) is 0 Å². The highest BCUT2D eigenvalue weighted by molar-refractivity contribution is 5.68. The van der Waals surface area contributed by atoms with Crippen molar-refractivity contribution in [2.24, 2.45) is 5.73 Å². The maximum absolute atomic E-state index is 10.7. The van der Waals surface area contributed by atoms with Crippen molar-refractivity contribution in [3.63, 3.8) is 0 Å². The van der Waals surface area contributed by atoms with Gasteiger partial charge in [0.2, 0.25) is 0 Å². The van der Waals surface area contributed by atoms with Gasteiger partial charge in [0.1, 0.15) is 0 Å². The molecule has 0 aliphatic carbocycles. The van der Waals surface area contributed by atoms with Crippen LogP contribution < -0.4 is 11.1 Å². The average molecular weight is 234 g/mol. The Morgan fingerprint density at radius 2 is 1.88 bits per heavy atom. The molecule has 0 fully saturated rings. The van der Waals surface area contributed by atoms with Gasteiger partial charge in [-0.15, -0.1) is 0 Å². The number of carbonyl (C=O) groups excluding carboxylic acids is 1. The van der Waals surface area contributed by atoms with Crippen LogP contribution in [-0.4, -0.2) is 36.9 Å². The first-order valence-electron chi connectivity index (χ1n) is 5.40. The van der Waals surface area contributed by atoms with Gasteiger partial charge in [-0.05, 0) is 12.8 Å². The van der Waals surface area contributed by atoms with E-state index in [2.05, 4.69) is 18.0 Å². The second-order valence-corrected chi connectivity index (χ2v) is 3.01. The number of hydrogen-bond donors (Lipinski definition) is 3. The number of alkyl carbamates (subject to hydrolysis) is 1. The summed E-state index contributed by atoms with van der Waals surface area (Å²) in [5.74, 6) is -0.968. The number of carboxylic acids is 1. The van der Waals surface area contributed by atoms with Gasteiger partial charge in [-0.25, -0.2) is 4.79 Å². The summed E-state index contributed by atoms with van der Waals surface area (Å²) in [5.41, 5.74) is 4.57. The average Bonchev–Trinajstić information content (AvgIpc) is 2.27. The minimum Gasteiger partial charge on any atom is -0.480 e. The highest BCUT2D eigenvalue weighted by atomic mass is 16.5. The standard InChI is InChI=1S/C8H17NO2.C2H5NO2/c1-3-5-6-9-8(10)11-7-4-2;3-1-2(4)5/h3-7H2,1-2H3,(H,9,10);1,3H2,(H,4,5). The molecule has 16 heavy (non-hydrogen) atoms. The van der Waals surface area contributed by atoms with Crippen molar-refractivity contribution in [2.45, 2.75) is 33.1 Å². The molecular formula is C10H22N2O4. The summed E-state index contributed by atoms with van der Waals surface area (Å²) in [7, 11) is 0. The van der Waals surface area contributed by atoms with Crippen LogP contribution in [0.15, 0.2) is 0 Å². The van der Waals surface area contributed by atoms with E-state index >= 15 is 0 Å². The summed E-state index contributed by atoms with van der Waals surface area (Å²) >= 11 is 0. The van der Waals surface area contributed by atoms with E-state index in [1.807, 2.05) is 6.92 Å². The summed E-state index contributed by atoms with van der Waals surface area (Å²) in [5, 5.41) is 10.3. The van der Waals surface area contributed by atoms with E-state index in [9.17, 15) is 9.59 Å². The lowest BCUT2D eigenvalue weighted by Crippen LogP contribution is -2.25. The van der Waals surface area contributed by atoms with Crippen molar-refractivity contribution in [3.05, 3.63) is 0 Å². The molecule has 6 heteroatoms. The molecule has 4 N–H and O–H groups in total. The van der Waals surface area contributed by atoms with Crippen LogP contribution in [0.1, 0.15) is 33.1 Å². The third-order valence-corrected chi connectivity index (χ3v) is 1.41. The molecule has 1 amide bonds. The Kier molecular flexibility index (Phi) is 14.6. The van der Waals surface area contributed by atoms with Gasteiger partial charge in [-0.3, -0.25) is 4.79 Å². The zero-order chi connectivity index (χ0) is 12.8. The molecule has 6 nitrogen and oxygen atoms in total. The smallest absolute Gasteiger partial charge is 0.407 e. The van der Waals surface area contributed by atoms with Gasteiger partial charge >= 0.3 is 12.1 Å². The molecule has 0 bridgehead atoms. The topological polar surface area (TPSA) is 102 Å². The minimum atomic E-state index is -0.968. The molecule has 0 atom stereocenters. The quantitative estimate of drug-likeness (QED) is 0.594. The first-order valence-corrected chi connectivity index (χ1v) is 5.40. The van der Waals surface area contributed by atoms with E-state index in [0.717, 1.165) is 25.8 Å².